The van der Waals surface area contributed by atoms with Crippen LogP contribution in [-0.2, 0) is 0 Å². The van der Waals surface area contributed by atoms with Crippen LogP contribution < -0.4 is 9.47 Å². The van der Waals surface area contributed by atoms with Gasteiger partial charge in [-0.1, -0.05) is 31.2 Å². The predicted molar refractivity (Wildman–Crippen MR) is 73.5 cm³/mol. The molecule has 94 valence electrons. The van der Waals surface area contributed by atoms with E-state index in [0.29, 0.717) is 5.92 Å². The molecule has 0 fully saturated rings. The zero-order valence-electron chi connectivity index (χ0n) is 11.0. The van der Waals surface area contributed by atoms with E-state index in [-0.39, 0.29) is 0 Å². The van der Waals surface area contributed by atoms with Gasteiger partial charge in [-0.25, -0.2) is 0 Å². The molecule has 0 N–H and O–H groups in total. The van der Waals surface area contributed by atoms with Crippen molar-refractivity contribution in [2.24, 2.45) is 0 Å². The van der Waals surface area contributed by atoms with E-state index in [1.165, 1.54) is 11.1 Å². The SMILES string of the molecule is COc1cccc(C(C)c2cccc(OC)c2)c1. The van der Waals surface area contributed by atoms with E-state index in [4.69, 9.17) is 9.47 Å². The second-order valence-corrected chi connectivity index (χ2v) is 4.27. The van der Waals surface area contributed by atoms with E-state index in [0.717, 1.165) is 11.5 Å². The first-order valence-electron chi connectivity index (χ1n) is 6.02. The van der Waals surface area contributed by atoms with E-state index < -0.39 is 0 Å². The Labute approximate surface area is 108 Å². The van der Waals surface area contributed by atoms with Gasteiger partial charge in [0.1, 0.15) is 11.5 Å². The van der Waals surface area contributed by atoms with Gasteiger partial charge in [0.15, 0.2) is 0 Å². The van der Waals surface area contributed by atoms with Crippen molar-refractivity contribution in [3.8, 4) is 11.5 Å². The number of rotatable bonds is 4. The smallest absolute Gasteiger partial charge is 0.119 e. The van der Waals surface area contributed by atoms with Crippen LogP contribution in [0.4, 0.5) is 0 Å². The molecule has 0 aliphatic rings. The summed E-state index contributed by atoms with van der Waals surface area (Å²) in [5.41, 5.74) is 2.48. The first-order chi connectivity index (χ1) is 8.74. The zero-order chi connectivity index (χ0) is 13.0. The highest BCUT2D eigenvalue weighted by Gasteiger charge is 2.09. The third kappa shape index (κ3) is 2.65. The largest absolute Gasteiger partial charge is 0.497 e. The van der Waals surface area contributed by atoms with E-state index in [1.54, 1.807) is 14.2 Å². The highest BCUT2D eigenvalue weighted by Crippen LogP contribution is 2.28. The Bertz CT molecular complexity index is 473. The van der Waals surface area contributed by atoms with E-state index in [9.17, 15) is 0 Å². The number of hydrogen-bond acceptors (Lipinski definition) is 2. The summed E-state index contributed by atoms with van der Waals surface area (Å²) in [6.07, 6.45) is 0. The summed E-state index contributed by atoms with van der Waals surface area (Å²) in [6, 6.07) is 16.3. The highest BCUT2D eigenvalue weighted by molar-refractivity contribution is 5.39. The van der Waals surface area contributed by atoms with Gasteiger partial charge in [0.25, 0.3) is 0 Å². The molecular weight excluding hydrogens is 224 g/mol. The van der Waals surface area contributed by atoms with Gasteiger partial charge in [-0.2, -0.15) is 0 Å². The first-order valence-corrected chi connectivity index (χ1v) is 6.02. The third-order valence-electron chi connectivity index (χ3n) is 3.19. The molecule has 0 heterocycles. The maximum absolute atomic E-state index is 5.26. The Morgan fingerprint density at radius 3 is 1.61 bits per heavy atom. The minimum absolute atomic E-state index is 0.315. The van der Waals surface area contributed by atoms with Gasteiger partial charge < -0.3 is 9.47 Å². The highest BCUT2D eigenvalue weighted by atomic mass is 16.5. The molecule has 0 radical (unpaired) electrons. The van der Waals surface area contributed by atoms with Crippen LogP contribution in [0.3, 0.4) is 0 Å². The quantitative estimate of drug-likeness (QED) is 0.810. The molecule has 0 aliphatic carbocycles. The molecule has 2 nitrogen and oxygen atoms in total. The lowest BCUT2D eigenvalue weighted by Crippen LogP contribution is -1.97. The fourth-order valence-corrected chi connectivity index (χ4v) is 2.01. The van der Waals surface area contributed by atoms with Crippen molar-refractivity contribution < 1.29 is 9.47 Å². The molecule has 0 saturated carbocycles. The summed E-state index contributed by atoms with van der Waals surface area (Å²) in [6.45, 7) is 2.18. The van der Waals surface area contributed by atoms with Crippen LogP contribution in [0.5, 0.6) is 11.5 Å². The molecule has 0 spiro atoms. The van der Waals surface area contributed by atoms with Gasteiger partial charge >= 0.3 is 0 Å². The molecule has 2 rings (SSSR count). The Hall–Kier alpha value is -1.96. The fourth-order valence-electron chi connectivity index (χ4n) is 2.01. The Morgan fingerprint density at radius 2 is 1.22 bits per heavy atom. The molecule has 0 aromatic heterocycles. The second-order valence-electron chi connectivity index (χ2n) is 4.27. The number of hydrogen-bond donors (Lipinski definition) is 0. The molecule has 2 aromatic rings. The van der Waals surface area contributed by atoms with Crippen molar-refractivity contribution >= 4 is 0 Å². The van der Waals surface area contributed by atoms with Gasteiger partial charge in [0, 0.05) is 5.92 Å². The minimum Gasteiger partial charge on any atom is -0.497 e. The lowest BCUT2D eigenvalue weighted by Gasteiger charge is -2.14. The van der Waals surface area contributed by atoms with E-state index in [2.05, 4.69) is 31.2 Å². The van der Waals surface area contributed by atoms with Crippen molar-refractivity contribution in [2.75, 3.05) is 14.2 Å². The lowest BCUT2D eigenvalue weighted by atomic mass is 9.93. The average Bonchev–Trinajstić information content (AvgIpc) is 2.46. The summed E-state index contributed by atoms with van der Waals surface area (Å²) in [4.78, 5) is 0. The fraction of sp³-hybridized carbons (Fsp3) is 0.250. The van der Waals surface area contributed by atoms with Crippen molar-refractivity contribution in [2.45, 2.75) is 12.8 Å². The second kappa shape index (κ2) is 5.58. The molecule has 18 heavy (non-hydrogen) atoms. The Balaban J connectivity index is 2.31. The molecule has 0 saturated heterocycles. The minimum atomic E-state index is 0.315. The summed E-state index contributed by atoms with van der Waals surface area (Å²) in [5.74, 6) is 2.10. The van der Waals surface area contributed by atoms with Gasteiger partial charge in [0.2, 0.25) is 0 Å². The first kappa shape index (κ1) is 12.5. The molecule has 2 aromatic carbocycles. The normalized spacial score (nSPS) is 10.4. The van der Waals surface area contributed by atoms with Crippen molar-refractivity contribution in [1.82, 2.24) is 0 Å². The lowest BCUT2D eigenvalue weighted by molar-refractivity contribution is 0.413. The average molecular weight is 242 g/mol. The molecule has 0 unspecified atom stereocenters. The van der Waals surface area contributed by atoms with E-state index >= 15 is 0 Å². The number of ether oxygens (including phenoxy) is 2. The van der Waals surface area contributed by atoms with Gasteiger partial charge in [-0.15, -0.1) is 0 Å². The monoisotopic (exact) mass is 242 g/mol. The maximum atomic E-state index is 5.26. The van der Waals surface area contributed by atoms with Crippen LogP contribution in [-0.4, -0.2) is 14.2 Å². The molecular formula is C16H18O2. The van der Waals surface area contributed by atoms with E-state index in [1.807, 2.05) is 24.3 Å². The zero-order valence-corrected chi connectivity index (χ0v) is 11.0. The maximum Gasteiger partial charge on any atom is 0.119 e. The van der Waals surface area contributed by atoms with Gasteiger partial charge in [-0.3, -0.25) is 0 Å². The van der Waals surface area contributed by atoms with Gasteiger partial charge in [0.05, 0.1) is 14.2 Å². The Kier molecular flexibility index (Phi) is 3.88. The van der Waals surface area contributed by atoms with Crippen LogP contribution in [0, 0.1) is 0 Å². The molecule has 0 amide bonds. The standard InChI is InChI=1S/C16H18O2/c1-12(13-6-4-8-15(10-13)17-2)14-7-5-9-16(11-14)18-3/h4-12H,1-3H3. The van der Waals surface area contributed by atoms with Gasteiger partial charge in [-0.05, 0) is 35.4 Å². The Morgan fingerprint density at radius 1 is 0.778 bits per heavy atom. The summed E-state index contributed by atoms with van der Waals surface area (Å²) in [5, 5.41) is 0. The van der Waals surface area contributed by atoms with Crippen LogP contribution >= 0.6 is 0 Å². The molecule has 0 atom stereocenters. The molecule has 0 aliphatic heterocycles. The van der Waals surface area contributed by atoms with Crippen LogP contribution in [0.25, 0.3) is 0 Å². The molecule has 2 heteroatoms. The van der Waals surface area contributed by atoms with Crippen LogP contribution in [0.15, 0.2) is 48.5 Å². The summed E-state index contributed by atoms with van der Waals surface area (Å²) in [7, 11) is 3.38. The molecule has 0 bridgehead atoms. The van der Waals surface area contributed by atoms with Crippen LogP contribution in [0.1, 0.15) is 24.0 Å². The van der Waals surface area contributed by atoms with Crippen LogP contribution in [0.2, 0.25) is 0 Å². The van der Waals surface area contributed by atoms with Crippen molar-refractivity contribution in [1.29, 1.82) is 0 Å². The summed E-state index contributed by atoms with van der Waals surface area (Å²) < 4.78 is 10.5. The predicted octanol–water partition coefficient (Wildman–Crippen LogP) is 3.86. The third-order valence-corrected chi connectivity index (χ3v) is 3.19. The topological polar surface area (TPSA) is 18.5 Å². The number of methoxy groups -OCH3 is 2. The number of benzene rings is 2. The summed E-state index contributed by atoms with van der Waals surface area (Å²) >= 11 is 0. The van der Waals surface area contributed by atoms with Crippen molar-refractivity contribution in [3.05, 3.63) is 59.7 Å². The van der Waals surface area contributed by atoms with Crippen molar-refractivity contribution in [3.63, 3.8) is 0 Å².